The van der Waals surface area contributed by atoms with Crippen molar-refractivity contribution in [2.75, 3.05) is 41.4 Å². The SMILES string of the molecule is CCc1nn(C)c(OC)c1CN=C(NCCc1ccc(OC)cc1)NCC(=O)N(C)C. The molecule has 0 aliphatic heterocycles. The van der Waals surface area contributed by atoms with E-state index in [0.717, 1.165) is 29.8 Å². The summed E-state index contributed by atoms with van der Waals surface area (Å²) in [6.45, 7) is 3.27. The molecule has 1 aromatic carbocycles. The van der Waals surface area contributed by atoms with E-state index in [4.69, 9.17) is 9.47 Å². The minimum absolute atomic E-state index is 0.0298. The van der Waals surface area contributed by atoms with Gasteiger partial charge in [0.05, 0.1) is 38.6 Å². The number of nitrogens with one attached hydrogen (secondary N) is 2. The van der Waals surface area contributed by atoms with Crippen LogP contribution in [0.3, 0.4) is 0 Å². The maximum absolute atomic E-state index is 12.0. The van der Waals surface area contributed by atoms with Crippen LogP contribution in [0, 0.1) is 0 Å². The second-order valence-electron chi connectivity index (χ2n) is 7.24. The monoisotopic (exact) mass is 430 g/mol. The molecule has 0 aliphatic carbocycles. The van der Waals surface area contributed by atoms with Gasteiger partial charge in [0.15, 0.2) is 5.96 Å². The molecular formula is C22H34N6O3. The summed E-state index contributed by atoms with van der Waals surface area (Å²) in [5.41, 5.74) is 3.08. The molecule has 1 aromatic heterocycles. The Labute approximate surface area is 184 Å². The first kappa shape index (κ1) is 24.0. The number of guanidine groups is 1. The zero-order valence-electron chi connectivity index (χ0n) is 19.4. The molecule has 31 heavy (non-hydrogen) atoms. The second-order valence-corrected chi connectivity index (χ2v) is 7.24. The molecule has 2 aromatic rings. The van der Waals surface area contributed by atoms with Gasteiger partial charge < -0.3 is 25.0 Å². The number of nitrogens with zero attached hydrogens (tertiary/aromatic N) is 4. The first-order valence-corrected chi connectivity index (χ1v) is 10.3. The maximum Gasteiger partial charge on any atom is 0.241 e. The molecule has 0 spiro atoms. The van der Waals surface area contributed by atoms with Crippen LogP contribution in [-0.4, -0.2) is 68.0 Å². The Kier molecular flexibility index (Phi) is 9.17. The van der Waals surface area contributed by atoms with Crippen LogP contribution < -0.4 is 20.1 Å². The highest BCUT2D eigenvalue weighted by atomic mass is 16.5. The van der Waals surface area contributed by atoms with Crippen molar-refractivity contribution in [1.29, 1.82) is 0 Å². The third-order valence-electron chi connectivity index (χ3n) is 4.87. The number of rotatable bonds is 10. The third kappa shape index (κ3) is 6.91. The quantitative estimate of drug-likeness (QED) is 0.437. The molecule has 0 saturated carbocycles. The highest BCUT2D eigenvalue weighted by molar-refractivity contribution is 5.86. The summed E-state index contributed by atoms with van der Waals surface area (Å²) in [7, 11) is 8.60. The summed E-state index contributed by atoms with van der Waals surface area (Å²) in [6, 6.07) is 7.96. The first-order valence-electron chi connectivity index (χ1n) is 10.3. The lowest BCUT2D eigenvalue weighted by Crippen LogP contribution is -2.43. The average Bonchev–Trinajstić information content (AvgIpc) is 3.09. The lowest BCUT2D eigenvalue weighted by atomic mass is 10.1. The zero-order chi connectivity index (χ0) is 22.8. The van der Waals surface area contributed by atoms with E-state index >= 15 is 0 Å². The molecule has 170 valence electrons. The number of hydrogen-bond acceptors (Lipinski definition) is 5. The zero-order valence-corrected chi connectivity index (χ0v) is 19.4. The predicted molar refractivity (Wildman–Crippen MR) is 122 cm³/mol. The number of amides is 1. The van der Waals surface area contributed by atoms with Crippen molar-refractivity contribution in [2.24, 2.45) is 12.0 Å². The smallest absolute Gasteiger partial charge is 0.241 e. The molecule has 2 rings (SSSR count). The van der Waals surface area contributed by atoms with Crippen LogP contribution in [0.4, 0.5) is 0 Å². The fraction of sp³-hybridized carbons (Fsp3) is 0.500. The molecule has 0 radical (unpaired) electrons. The predicted octanol–water partition coefficient (Wildman–Crippen LogP) is 1.37. The van der Waals surface area contributed by atoms with Crippen molar-refractivity contribution >= 4 is 11.9 Å². The third-order valence-corrected chi connectivity index (χ3v) is 4.87. The summed E-state index contributed by atoms with van der Waals surface area (Å²) >= 11 is 0. The minimum atomic E-state index is -0.0298. The second kappa shape index (κ2) is 11.8. The van der Waals surface area contributed by atoms with Crippen molar-refractivity contribution in [1.82, 2.24) is 25.3 Å². The fourth-order valence-corrected chi connectivity index (χ4v) is 3.07. The van der Waals surface area contributed by atoms with Gasteiger partial charge in [-0.25, -0.2) is 9.67 Å². The number of methoxy groups -OCH3 is 2. The highest BCUT2D eigenvalue weighted by Gasteiger charge is 2.15. The summed E-state index contributed by atoms with van der Waals surface area (Å²) in [5.74, 6) is 2.07. The molecule has 1 heterocycles. The Bertz CT molecular complexity index is 874. The van der Waals surface area contributed by atoms with Crippen LogP contribution in [-0.2, 0) is 31.2 Å². The normalized spacial score (nSPS) is 11.2. The molecule has 0 atom stereocenters. The molecule has 0 saturated heterocycles. The van der Waals surface area contributed by atoms with Crippen LogP contribution >= 0.6 is 0 Å². The van der Waals surface area contributed by atoms with Gasteiger partial charge in [0.2, 0.25) is 11.8 Å². The molecule has 9 heteroatoms. The Hall–Kier alpha value is -3.23. The van der Waals surface area contributed by atoms with Gasteiger partial charge in [-0.3, -0.25) is 4.79 Å². The molecule has 1 amide bonds. The van der Waals surface area contributed by atoms with E-state index < -0.39 is 0 Å². The topological polar surface area (TPSA) is 93.0 Å². The Balaban J connectivity index is 2.09. The van der Waals surface area contributed by atoms with Gasteiger partial charge >= 0.3 is 0 Å². The fourth-order valence-electron chi connectivity index (χ4n) is 3.07. The van der Waals surface area contributed by atoms with Gasteiger partial charge in [-0.05, 0) is 30.5 Å². The van der Waals surface area contributed by atoms with Gasteiger partial charge in [0, 0.05) is 27.7 Å². The standard InChI is InChI=1S/C22H34N6O3/c1-7-19-18(21(31-6)28(4)26-19)14-24-22(25-15-20(29)27(2)3)23-13-12-16-8-10-17(30-5)11-9-16/h8-11H,7,12-15H2,1-6H3,(H2,23,24,25). The molecule has 0 bridgehead atoms. The summed E-state index contributed by atoms with van der Waals surface area (Å²) in [5, 5.41) is 10.9. The van der Waals surface area contributed by atoms with E-state index in [1.165, 1.54) is 5.56 Å². The lowest BCUT2D eigenvalue weighted by molar-refractivity contribution is -0.127. The molecule has 0 fully saturated rings. The molecule has 0 unspecified atom stereocenters. The number of aromatic nitrogens is 2. The van der Waals surface area contributed by atoms with Crippen LogP contribution in [0.2, 0.25) is 0 Å². The lowest BCUT2D eigenvalue weighted by Gasteiger charge is -2.15. The summed E-state index contributed by atoms with van der Waals surface area (Å²) in [4.78, 5) is 18.2. The largest absolute Gasteiger partial charge is 0.497 e. The number of benzene rings is 1. The number of carbonyl (C=O) groups is 1. The average molecular weight is 431 g/mol. The number of ether oxygens (including phenoxy) is 2. The van der Waals surface area contributed by atoms with Crippen molar-refractivity contribution in [3.63, 3.8) is 0 Å². The summed E-state index contributed by atoms with van der Waals surface area (Å²) < 4.78 is 12.4. The van der Waals surface area contributed by atoms with Crippen molar-refractivity contribution in [3.05, 3.63) is 41.1 Å². The summed E-state index contributed by atoms with van der Waals surface area (Å²) in [6.07, 6.45) is 1.59. The van der Waals surface area contributed by atoms with E-state index in [0.29, 0.717) is 24.9 Å². The van der Waals surface area contributed by atoms with Gasteiger partial charge in [-0.1, -0.05) is 19.1 Å². The number of aliphatic imine (C=N–C) groups is 1. The maximum atomic E-state index is 12.0. The molecule has 9 nitrogen and oxygen atoms in total. The Morgan fingerprint density at radius 1 is 1.16 bits per heavy atom. The minimum Gasteiger partial charge on any atom is -0.497 e. The van der Waals surface area contributed by atoms with E-state index in [2.05, 4.69) is 27.6 Å². The van der Waals surface area contributed by atoms with Gasteiger partial charge in [-0.2, -0.15) is 5.10 Å². The Morgan fingerprint density at radius 3 is 2.45 bits per heavy atom. The van der Waals surface area contributed by atoms with E-state index in [1.54, 1.807) is 37.9 Å². The van der Waals surface area contributed by atoms with Crippen molar-refractivity contribution in [3.8, 4) is 11.6 Å². The molecule has 2 N–H and O–H groups in total. The number of likely N-dealkylation sites (N-methyl/N-ethyl adjacent to an activating group) is 1. The van der Waals surface area contributed by atoms with Crippen molar-refractivity contribution in [2.45, 2.75) is 26.3 Å². The molecular weight excluding hydrogens is 396 g/mol. The van der Waals surface area contributed by atoms with E-state index in [1.807, 2.05) is 31.3 Å². The van der Waals surface area contributed by atoms with Crippen LogP contribution in [0.25, 0.3) is 0 Å². The van der Waals surface area contributed by atoms with Gasteiger partial charge in [0.25, 0.3) is 0 Å². The van der Waals surface area contributed by atoms with Crippen molar-refractivity contribution < 1.29 is 14.3 Å². The van der Waals surface area contributed by atoms with Gasteiger partial charge in [0.1, 0.15) is 5.75 Å². The first-order chi connectivity index (χ1) is 14.9. The molecule has 0 aliphatic rings. The van der Waals surface area contributed by atoms with Crippen LogP contribution in [0.15, 0.2) is 29.3 Å². The number of aryl methyl sites for hydroxylation is 2. The number of hydrogen-bond donors (Lipinski definition) is 2. The highest BCUT2D eigenvalue weighted by Crippen LogP contribution is 2.22. The van der Waals surface area contributed by atoms with Gasteiger partial charge in [-0.15, -0.1) is 0 Å². The Morgan fingerprint density at radius 2 is 1.87 bits per heavy atom. The van der Waals surface area contributed by atoms with E-state index in [-0.39, 0.29) is 12.5 Å². The van der Waals surface area contributed by atoms with Crippen LogP contribution in [0.1, 0.15) is 23.7 Å². The number of carbonyl (C=O) groups excluding carboxylic acids is 1. The van der Waals surface area contributed by atoms with E-state index in [9.17, 15) is 4.79 Å². The van der Waals surface area contributed by atoms with Crippen LogP contribution in [0.5, 0.6) is 11.6 Å².